The predicted molar refractivity (Wildman–Crippen MR) is 145 cm³/mol. The zero-order chi connectivity index (χ0) is 27.7. The van der Waals surface area contributed by atoms with Gasteiger partial charge in [0, 0.05) is 72.4 Å². The van der Waals surface area contributed by atoms with Crippen LogP contribution in [0.15, 0.2) is 97.1 Å². The van der Waals surface area contributed by atoms with Crippen LogP contribution in [-0.4, -0.2) is 81.9 Å². The van der Waals surface area contributed by atoms with Gasteiger partial charge in [0.05, 0.1) is 0 Å². The Morgan fingerprint density at radius 2 is 0.846 bits per heavy atom. The first-order chi connectivity index (χ1) is 18.2. The SMILES string of the molecule is O=C(Nc1ccc(C(=O)O)c(O)c1)c1ccccc1.O=C(Nc1ccc(C(=O)O)c(O)c1)c1ccccc1.[Ca]. The molecule has 0 aliphatic rings. The maximum absolute atomic E-state index is 11.8. The fourth-order valence-corrected chi connectivity index (χ4v) is 3.17. The Hall–Kier alpha value is -4.38. The quantitative estimate of drug-likeness (QED) is 0.191. The second-order valence-corrected chi connectivity index (χ2v) is 7.71. The number of hydrogen-bond donors (Lipinski definition) is 6. The minimum atomic E-state index is -1.22. The Kier molecular flexibility index (Phi) is 11.5. The van der Waals surface area contributed by atoms with Gasteiger partial charge >= 0.3 is 11.9 Å². The van der Waals surface area contributed by atoms with Crippen LogP contribution < -0.4 is 10.6 Å². The average Bonchev–Trinajstić information content (AvgIpc) is 2.90. The van der Waals surface area contributed by atoms with E-state index in [1.165, 1.54) is 36.4 Å². The summed E-state index contributed by atoms with van der Waals surface area (Å²) in [5.74, 6) is -3.89. The number of carbonyl (C=O) groups is 4. The Balaban J connectivity index is 0.000000267. The summed E-state index contributed by atoms with van der Waals surface area (Å²) >= 11 is 0. The number of anilines is 2. The van der Waals surface area contributed by atoms with E-state index in [0.29, 0.717) is 22.5 Å². The summed E-state index contributed by atoms with van der Waals surface area (Å²) in [5, 5.41) is 41.7. The molecule has 0 unspecified atom stereocenters. The molecule has 39 heavy (non-hydrogen) atoms. The smallest absolute Gasteiger partial charge is 0.339 e. The molecule has 11 heteroatoms. The monoisotopic (exact) mass is 554 g/mol. The number of carboxylic acid groups (broad SMARTS) is 2. The Labute approximate surface area is 252 Å². The van der Waals surface area contributed by atoms with E-state index in [-0.39, 0.29) is 60.7 Å². The summed E-state index contributed by atoms with van der Waals surface area (Å²) in [6.45, 7) is 0. The molecule has 6 N–H and O–H groups in total. The van der Waals surface area contributed by atoms with Gasteiger partial charge in [-0.05, 0) is 48.5 Å². The summed E-state index contributed by atoms with van der Waals surface area (Å²) in [4.78, 5) is 45.1. The molecule has 0 saturated carbocycles. The van der Waals surface area contributed by atoms with Crippen molar-refractivity contribution >= 4 is 72.9 Å². The summed E-state index contributed by atoms with van der Waals surface area (Å²) in [6, 6.07) is 24.9. The number of amides is 2. The molecule has 0 atom stereocenters. The summed E-state index contributed by atoms with van der Waals surface area (Å²) in [5.41, 5.74) is 1.19. The molecular formula is C28H22CaN2O8. The molecule has 4 rings (SSSR count). The zero-order valence-electron chi connectivity index (χ0n) is 20.4. The van der Waals surface area contributed by atoms with E-state index in [1.807, 2.05) is 0 Å². The van der Waals surface area contributed by atoms with E-state index in [1.54, 1.807) is 60.7 Å². The van der Waals surface area contributed by atoms with Crippen LogP contribution in [0.25, 0.3) is 0 Å². The van der Waals surface area contributed by atoms with Gasteiger partial charge in [0.2, 0.25) is 0 Å². The summed E-state index contributed by atoms with van der Waals surface area (Å²) in [6.07, 6.45) is 0. The molecule has 0 aliphatic heterocycles. The van der Waals surface area contributed by atoms with Crippen LogP contribution >= 0.6 is 0 Å². The molecule has 4 aromatic rings. The van der Waals surface area contributed by atoms with Crippen molar-refractivity contribution in [3.05, 3.63) is 119 Å². The number of benzene rings is 4. The van der Waals surface area contributed by atoms with Gasteiger partial charge in [-0.1, -0.05) is 36.4 Å². The number of rotatable bonds is 6. The molecule has 2 radical (unpaired) electrons. The van der Waals surface area contributed by atoms with Crippen LogP contribution in [0.2, 0.25) is 0 Å². The van der Waals surface area contributed by atoms with Crippen molar-refractivity contribution in [1.29, 1.82) is 0 Å². The van der Waals surface area contributed by atoms with Crippen LogP contribution in [0.5, 0.6) is 11.5 Å². The molecular weight excluding hydrogens is 532 g/mol. The van der Waals surface area contributed by atoms with Gasteiger partial charge in [0.1, 0.15) is 22.6 Å². The van der Waals surface area contributed by atoms with Crippen molar-refractivity contribution in [3.8, 4) is 11.5 Å². The molecule has 0 bridgehead atoms. The van der Waals surface area contributed by atoms with E-state index >= 15 is 0 Å². The molecule has 0 aliphatic carbocycles. The Morgan fingerprint density at radius 3 is 1.13 bits per heavy atom. The molecule has 194 valence electrons. The van der Waals surface area contributed by atoms with Crippen molar-refractivity contribution in [3.63, 3.8) is 0 Å². The van der Waals surface area contributed by atoms with Gasteiger partial charge in [-0.3, -0.25) is 9.59 Å². The Bertz CT molecular complexity index is 1360. The van der Waals surface area contributed by atoms with Crippen LogP contribution in [0.4, 0.5) is 11.4 Å². The fourth-order valence-electron chi connectivity index (χ4n) is 3.17. The molecule has 0 fully saturated rings. The van der Waals surface area contributed by atoms with E-state index in [2.05, 4.69) is 10.6 Å². The average molecular weight is 555 g/mol. The van der Waals surface area contributed by atoms with E-state index in [4.69, 9.17) is 10.2 Å². The molecule has 0 spiro atoms. The number of hydrogen-bond acceptors (Lipinski definition) is 6. The number of aromatic carboxylic acids is 2. The topological polar surface area (TPSA) is 173 Å². The fraction of sp³-hybridized carbons (Fsp3) is 0. The van der Waals surface area contributed by atoms with E-state index in [9.17, 15) is 29.4 Å². The van der Waals surface area contributed by atoms with Gasteiger partial charge in [0.25, 0.3) is 11.8 Å². The van der Waals surface area contributed by atoms with E-state index in [0.717, 1.165) is 0 Å². The second kappa shape index (κ2) is 14.5. The van der Waals surface area contributed by atoms with E-state index < -0.39 is 23.4 Å². The van der Waals surface area contributed by atoms with Gasteiger partial charge < -0.3 is 31.1 Å². The first-order valence-electron chi connectivity index (χ1n) is 11.0. The van der Waals surface area contributed by atoms with Crippen molar-refractivity contribution in [1.82, 2.24) is 0 Å². The van der Waals surface area contributed by atoms with Crippen LogP contribution in [0, 0.1) is 0 Å². The molecule has 0 aromatic heterocycles. The third-order valence-electron chi connectivity index (χ3n) is 5.04. The predicted octanol–water partition coefficient (Wildman–Crippen LogP) is 4.30. The first-order valence-corrected chi connectivity index (χ1v) is 11.0. The normalized spacial score (nSPS) is 9.64. The van der Waals surface area contributed by atoms with Crippen molar-refractivity contribution in [2.45, 2.75) is 0 Å². The number of aromatic hydroxyl groups is 2. The summed E-state index contributed by atoms with van der Waals surface area (Å²) in [7, 11) is 0. The largest absolute Gasteiger partial charge is 0.507 e. The zero-order valence-corrected chi connectivity index (χ0v) is 22.6. The van der Waals surface area contributed by atoms with Gasteiger partial charge in [-0.15, -0.1) is 0 Å². The third kappa shape index (κ3) is 8.85. The van der Waals surface area contributed by atoms with Crippen molar-refractivity contribution < 1.29 is 39.6 Å². The van der Waals surface area contributed by atoms with Crippen LogP contribution in [-0.2, 0) is 0 Å². The maximum atomic E-state index is 11.8. The number of carboxylic acids is 2. The summed E-state index contributed by atoms with van der Waals surface area (Å²) < 4.78 is 0. The van der Waals surface area contributed by atoms with Gasteiger partial charge in [0.15, 0.2) is 0 Å². The Morgan fingerprint density at radius 1 is 0.513 bits per heavy atom. The van der Waals surface area contributed by atoms with Crippen molar-refractivity contribution in [2.24, 2.45) is 0 Å². The molecule has 0 saturated heterocycles. The number of carbonyl (C=O) groups excluding carboxylic acids is 2. The standard InChI is InChI=1S/2C14H11NO4.Ca/c2*16-12-8-10(6-7-11(12)14(18)19)15-13(17)9-4-2-1-3-5-9;/h2*1-8,16H,(H,15,17)(H,18,19);. The second-order valence-electron chi connectivity index (χ2n) is 7.71. The minimum Gasteiger partial charge on any atom is -0.507 e. The molecule has 2 amide bonds. The van der Waals surface area contributed by atoms with Gasteiger partial charge in [-0.2, -0.15) is 0 Å². The molecule has 0 heterocycles. The number of phenols is 2. The molecule has 10 nitrogen and oxygen atoms in total. The van der Waals surface area contributed by atoms with Gasteiger partial charge in [-0.25, -0.2) is 9.59 Å². The van der Waals surface area contributed by atoms with Crippen LogP contribution in [0.1, 0.15) is 41.4 Å². The maximum Gasteiger partial charge on any atom is 0.339 e. The molecule has 4 aromatic carbocycles. The minimum absolute atomic E-state index is 0. The third-order valence-corrected chi connectivity index (χ3v) is 5.04. The van der Waals surface area contributed by atoms with Crippen molar-refractivity contribution in [2.75, 3.05) is 10.6 Å². The van der Waals surface area contributed by atoms with Crippen LogP contribution in [0.3, 0.4) is 0 Å². The first kappa shape index (κ1) is 30.8. The number of nitrogens with one attached hydrogen (secondary N) is 2.